The Morgan fingerprint density at radius 1 is 1.38 bits per heavy atom. The molecule has 0 aromatic carbocycles. The molecule has 2 fully saturated rings. The molecule has 2 aliphatic heterocycles. The van der Waals surface area contributed by atoms with E-state index in [2.05, 4.69) is 27.1 Å². The standard InChI is InChI=1S/C15H25N5O/c1-11-4-2-6-20(9-11)15-13(16)14(18-10-19-15)17-8-12-5-3-7-21-12/h10-12H,2-9,16H2,1H3,(H,17,18,19). The molecule has 2 unspecified atom stereocenters. The third-order valence-corrected chi connectivity index (χ3v) is 4.34. The van der Waals surface area contributed by atoms with Crippen LogP contribution in [0, 0.1) is 5.92 Å². The minimum atomic E-state index is 0.276. The van der Waals surface area contributed by atoms with Gasteiger partial charge in [0.05, 0.1) is 6.10 Å². The quantitative estimate of drug-likeness (QED) is 0.882. The summed E-state index contributed by atoms with van der Waals surface area (Å²) >= 11 is 0. The van der Waals surface area contributed by atoms with Gasteiger partial charge in [0, 0.05) is 26.2 Å². The van der Waals surface area contributed by atoms with Crippen LogP contribution in [0.5, 0.6) is 0 Å². The molecule has 0 aliphatic carbocycles. The normalized spacial score (nSPS) is 26.0. The minimum absolute atomic E-state index is 0.276. The number of hydrogen-bond donors (Lipinski definition) is 2. The van der Waals surface area contributed by atoms with E-state index in [1.165, 1.54) is 12.8 Å². The van der Waals surface area contributed by atoms with Gasteiger partial charge in [-0.2, -0.15) is 0 Å². The van der Waals surface area contributed by atoms with Gasteiger partial charge < -0.3 is 20.7 Å². The molecule has 3 rings (SSSR count). The molecule has 1 aromatic heterocycles. The highest BCUT2D eigenvalue weighted by Crippen LogP contribution is 2.29. The molecule has 0 bridgehead atoms. The van der Waals surface area contributed by atoms with Crippen molar-refractivity contribution in [2.75, 3.05) is 42.2 Å². The molecule has 6 nitrogen and oxygen atoms in total. The summed E-state index contributed by atoms with van der Waals surface area (Å²) < 4.78 is 5.62. The highest BCUT2D eigenvalue weighted by atomic mass is 16.5. The van der Waals surface area contributed by atoms with Crippen LogP contribution in [0.15, 0.2) is 6.33 Å². The highest BCUT2D eigenvalue weighted by molar-refractivity contribution is 5.75. The first kappa shape index (κ1) is 14.4. The van der Waals surface area contributed by atoms with Crippen LogP contribution in [0.3, 0.4) is 0 Å². The van der Waals surface area contributed by atoms with Crippen LogP contribution in [0.4, 0.5) is 17.3 Å². The molecular weight excluding hydrogens is 266 g/mol. The number of ether oxygens (including phenoxy) is 1. The maximum absolute atomic E-state index is 6.27. The van der Waals surface area contributed by atoms with Gasteiger partial charge in [0.2, 0.25) is 0 Å². The topological polar surface area (TPSA) is 76.3 Å². The molecule has 0 amide bonds. The number of aromatic nitrogens is 2. The molecule has 6 heteroatoms. The Hall–Kier alpha value is -1.56. The Kier molecular flexibility index (Phi) is 4.43. The van der Waals surface area contributed by atoms with Crippen LogP contribution >= 0.6 is 0 Å². The summed E-state index contributed by atoms with van der Waals surface area (Å²) in [5, 5.41) is 3.32. The first-order valence-electron chi connectivity index (χ1n) is 7.95. The van der Waals surface area contributed by atoms with Crippen molar-refractivity contribution < 1.29 is 4.74 Å². The summed E-state index contributed by atoms with van der Waals surface area (Å²) in [7, 11) is 0. The Morgan fingerprint density at radius 2 is 2.29 bits per heavy atom. The molecule has 3 N–H and O–H groups in total. The SMILES string of the molecule is CC1CCCN(c2ncnc(NCC3CCCO3)c2N)C1. The van der Waals surface area contributed by atoms with Crippen molar-refractivity contribution in [2.45, 2.75) is 38.7 Å². The average Bonchev–Trinajstić information content (AvgIpc) is 2.99. The lowest BCUT2D eigenvalue weighted by molar-refractivity contribution is 0.120. The maximum Gasteiger partial charge on any atom is 0.157 e. The van der Waals surface area contributed by atoms with Crippen LogP contribution in [-0.2, 0) is 4.74 Å². The van der Waals surface area contributed by atoms with Crippen LogP contribution < -0.4 is 16.0 Å². The molecule has 116 valence electrons. The molecule has 21 heavy (non-hydrogen) atoms. The zero-order chi connectivity index (χ0) is 14.7. The van der Waals surface area contributed by atoms with E-state index in [0.717, 1.165) is 50.7 Å². The lowest BCUT2D eigenvalue weighted by Crippen LogP contribution is -2.35. The number of nitrogens with zero attached hydrogens (tertiary/aromatic N) is 3. The second kappa shape index (κ2) is 6.47. The molecule has 0 saturated carbocycles. The van der Waals surface area contributed by atoms with Gasteiger partial charge in [0.1, 0.15) is 12.0 Å². The Bertz CT molecular complexity index is 475. The van der Waals surface area contributed by atoms with Gasteiger partial charge in [0.15, 0.2) is 11.6 Å². The van der Waals surface area contributed by atoms with E-state index < -0.39 is 0 Å². The van der Waals surface area contributed by atoms with E-state index in [0.29, 0.717) is 11.6 Å². The fourth-order valence-corrected chi connectivity index (χ4v) is 3.18. The first-order chi connectivity index (χ1) is 10.2. The maximum atomic E-state index is 6.27. The minimum Gasteiger partial charge on any atom is -0.393 e. The third kappa shape index (κ3) is 3.37. The molecule has 0 spiro atoms. The van der Waals surface area contributed by atoms with Gasteiger partial charge in [-0.3, -0.25) is 0 Å². The van der Waals surface area contributed by atoms with E-state index >= 15 is 0 Å². The highest BCUT2D eigenvalue weighted by Gasteiger charge is 2.22. The second-order valence-corrected chi connectivity index (χ2v) is 6.17. The molecule has 2 atom stereocenters. The summed E-state index contributed by atoms with van der Waals surface area (Å²) in [4.78, 5) is 11.0. The van der Waals surface area contributed by atoms with Gasteiger partial charge in [-0.1, -0.05) is 6.92 Å². The molecule has 1 aromatic rings. The molecule has 3 heterocycles. The molecule has 2 saturated heterocycles. The number of nitrogens with two attached hydrogens (primary N) is 1. The largest absolute Gasteiger partial charge is 0.393 e. The van der Waals surface area contributed by atoms with Crippen LogP contribution in [0.1, 0.15) is 32.6 Å². The van der Waals surface area contributed by atoms with Crippen LogP contribution in [-0.4, -0.2) is 42.3 Å². The molecular formula is C15H25N5O. The Morgan fingerprint density at radius 3 is 3.05 bits per heavy atom. The first-order valence-corrected chi connectivity index (χ1v) is 7.95. The summed E-state index contributed by atoms with van der Waals surface area (Å²) in [5.41, 5.74) is 6.93. The number of rotatable bonds is 4. The Balaban J connectivity index is 1.68. The number of nitrogens with one attached hydrogen (secondary N) is 1. The van der Waals surface area contributed by atoms with Crippen molar-refractivity contribution in [3.05, 3.63) is 6.33 Å². The molecule has 0 radical (unpaired) electrons. The monoisotopic (exact) mass is 291 g/mol. The number of piperidine rings is 1. The van der Waals surface area contributed by atoms with Crippen molar-refractivity contribution in [2.24, 2.45) is 5.92 Å². The van der Waals surface area contributed by atoms with Gasteiger partial charge >= 0.3 is 0 Å². The number of hydrogen-bond acceptors (Lipinski definition) is 6. The fraction of sp³-hybridized carbons (Fsp3) is 0.733. The van der Waals surface area contributed by atoms with Crippen LogP contribution in [0.25, 0.3) is 0 Å². The van der Waals surface area contributed by atoms with Gasteiger partial charge in [-0.15, -0.1) is 0 Å². The number of nitrogen functional groups attached to an aromatic ring is 1. The fourth-order valence-electron chi connectivity index (χ4n) is 3.18. The van der Waals surface area contributed by atoms with Crippen molar-refractivity contribution in [1.82, 2.24) is 9.97 Å². The predicted molar refractivity (Wildman–Crippen MR) is 84.5 cm³/mol. The van der Waals surface area contributed by atoms with Crippen molar-refractivity contribution in [3.63, 3.8) is 0 Å². The summed E-state index contributed by atoms with van der Waals surface area (Å²) in [6.07, 6.45) is 6.60. The summed E-state index contributed by atoms with van der Waals surface area (Å²) in [5.74, 6) is 2.29. The predicted octanol–water partition coefficient (Wildman–Crippen LogP) is 1.89. The second-order valence-electron chi connectivity index (χ2n) is 6.17. The van der Waals surface area contributed by atoms with Crippen molar-refractivity contribution in [1.29, 1.82) is 0 Å². The lowest BCUT2D eigenvalue weighted by atomic mass is 10.0. The zero-order valence-corrected chi connectivity index (χ0v) is 12.7. The van der Waals surface area contributed by atoms with E-state index in [9.17, 15) is 0 Å². The van der Waals surface area contributed by atoms with E-state index in [1.807, 2.05) is 0 Å². The summed E-state index contributed by atoms with van der Waals surface area (Å²) in [6, 6.07) is 0. The number of anilines is 3. The molecule has 2 aliphatic rings. The average molecular weight is 291 g/mol. The van der Waals surface area contributed by atoms with E-state index in [1.54, 1.807) is 6.33 Å². The Labute approximate surface area is 126 Å². The lowest BCUT2D eigenvalue weighted by Gasteiger charge is -2.32. The smallest absolute Gasteiger partial charge is 0.157 e. The van der Waals surface area contributed by atoms with Gasteiger partial charge in [-0.05, 0) is 31.6 Å². The van der Waals surface area contributed by atoms with Crippen molar-refractivity contribution >= 4 is 17.3 Å². The summed E-state index contributed by atoms with van der Waals surface area (Å²) in [6.45, 7) is 5.95. The zero-order valence-electron chi connectivity index (χ0n) is 12.7. The third-order valence-electron chi connectivity index (χ3n) is 4.34. The van der Waals surface area contributed by atoms with Crippen molar-refractivity contribution in [3.8, 4) is 0 Å². The van der Waals surface area contributed by atoms with Gasteiger partial charge in [-0.25, -0.2) is 9.97 Å². The van der Waals surface area contributed by atoms with Crippen LogP contribution in [0.2, 0.25) is 0 Å². The van der Waals surface area contributed by atoms with E-state index in [4.69, 9.17) is 10.5 Å². The van der Waals surface area contributed by atoms with E-state index in [-0.39, 0.29) is 6.10 Å². The van der Waals surface area contributed by atoms with Gasteiger partial charge in [0.25, 0.3) is 0 Å².